The van der Waals surface area contributed by atoms with Crippen molar-refractivity contribution in [2.24, 2.45) is 0 Å². The highest BCUT2D eigenvalue weighted by molar-refractivity contribution is 14.1. The molecule has 0 spiro atoms. The molecule has 2 amide bonds. The van der Waals surface area contributed by atoms with Crippen LogP contribution in [0.3, 0.4) is 0 Å². The molecule has 0 saturated heterocycles. The van der Waals surface area contributed by atoms with Crippen LogP contribution >= 0.6 is 22.6 Å². The molecule has 13 heavy (non-hydrogen) atoms. The monoisotopic (exact) mass is 290 g/mol. The van der Waals surface area contributed by atoms with Gasteiger partial charge in [-0.25, -0.2) is 4.79 Å². The fourth-order valence-electron chi connectivity index (χ4n) is 0.864. The van der Waals surface area contributed by atoms with Gasteiger partial charge in [0.2, 0.25) is 0 Å². The number of rotatable bonds is 1. The second-order valence-electron chi connectivity index (χ2n) is 2.67. The molecule has 0 aliphatic rings. The van der Waals surface area contributed by atoms with Crippen molar-refractivity contribution in [1.29, 1.82) is 0 Å². The SMILES string of the molecule is CNC(=O)Nc1ccc(C)c(I)c1. The molecule has 0 unspecified atom stereocenters. The van der Waals surface area contributed by atoms with E-state index in [0.29, 0.717) is 0 Å². The second-order valence-corrected chi connectivity index (χ2v) is 3.83. The lowest BCUT2D eigenvalue weighted by molar-refractivity contribution is 0.254. The van der Waals surface area contributed by atoms with E-state index in [0.717, 1.165) is 9.26 Å². The Balaban J connectivity index is 2.79. The molecule has 0 fully saturated rings. The van der Waals surface area contributed by atoms with Gasteiger partial charge < -0.3 is 10.6 Å². The largest absolute Gasteiger partial charge is 0.341 e. The van der Waals surface area contributed by atoms with Crippen LogP contribution in [-0.4, -0.2) is 13.1 Å². The summed E-state index contributed by atoms with van der Waals surface area (Å²) in [5.41, 5.74) is 2.03. The number of urea groups is 1. The molecule has 1 aromatic rings. The van der Waals surface area contributed by atoms with Gasteiger partial charge in [-0.15, -0.1) is 0 Å². The molecule has 0 saturated carbocycles. The highest BCUT2D eigenvalue weighted by Gasteiger charge is 2.00. The van der Waals surface area contributed by atoms with E-state index in [-0.39, 0.29) is 6.03 Å². The number of halogens is 1. The molecule has 1 rings (SSSR count). The van der Waals surface area contributed by atoms with E-state index in [1.54, 1.807) is 7.05 Å². The summed E-state index contributed by atoms with van der Waals surface area (Å²) in [4.78, 5) is 11.0. The van der Waals surface area contributed by atoms with Crippen LogP contribution in [0, 0.1) is 10.5 Å². The van der Waals surface area contributed by atoms with Crippen LogP contribution in [0.5, 0.6) is 0 Å². The van der Waals surface area contributed by atoms with Crippen LogP contribution in [0.25, 0.3) is 0 Å². The zero-order valence-electron chi connectivity index (χ0n) is 7.52. The molecule has 0 radical (unpaired) electrons. The van der Waals surface area contributed by atoms with Gasteiger partial charge in [0.25, 0.3) is 0 Å². The number of benzene rings is 1. The Kier molecular flexibility index (Phi) is 3.53. The van der Waals surface area contributed by atoms with E-state index in [9.17, 15) is 4.79 Å². The zero-order chi connectivity index (χ0) is 9.84. The van der Waals surface area contributed by atoms with Gasteiger partial charge in [-0.1, -0.05) is 6.07 Å². The maximum absolute atomic E-state index is 11.0. The minimum absolute atomic E-state index is 0.195. The van der Waals surface area contributed by atoms with Crippen LogP contribution < -0.4 is 10.6 Å². The molecule has 0 aliphatic heterocycles. The molecular weight excluding hydrogens is 279 g/mol. The molecule has 4 heteroatoms. The summed E-state index contributed by atoms with van der Waals surface area (Å²) in [6.45, 7) is 2.03. The molecule has 0 bridgehead atoms. The van der Waals surface area contributed by atoms with E-state index in [1.807, 2.05) is 25.1 Å². The second kappa shape index (κ2) is 4.45. The van der Waals surface area contributed by atoms with Gasteiger partial charge in [0.05, 0.1) is 0 Å². The Bertz CT molecular complexity index is 325. The van der Waals surface area contributed by atoms with Crippen molar-refractivity contribution in [2.45, 2.75) is 6.92 Å². The zero-order valence-corrected chi connectivity index (χ0v) is 9.68. The van der Waals surface area contributed by atoms with E-state index in [2.05, 4.69) is 33.2 Å². The predicted molar refractivity (Wildman–Crippen MR) is 62.0 cm³/mol. The summed E-state index contributed by atoms with van der Waals surface area (Å²) in [6, 6.07) is 5.60. The van der Waals surface area contributed by atoms with Crippen molar-refractivity contribution in [3.8, 4) is 0 Å². The molecule has 0 heterocycles. The number of hydrogen-bond donors (Lipinski definition) is 2. The molecule has 70 valence electrons. The Labute approximate surface area is 91.0 Å². The van der Waals surface area contributed by atoms with Crippen molar-refractivity contribution in [3.05, 3.63) is 27.3 Å². The first-order chi connectivity index (χ1) is 6.13. The number of carbonyl (C=O) groups is 1. The lowest BCUT2D eigenvalue weighted by atomic mass is 10.2. The molecule has 0 atom stereocenters. The van der Waals surface area contributed by atoms with E-state index in [1.165, 1.54) is 5.56 Å². The topological polar surface area (TPSA) is 41.1 Å². The average molecular weight is 290 g/mol. The quantitative estimate of drug-likeness (QED) is 0.766. The maximum Gasteiger partial charge on any atom is 0.318 e. The Hall–Kier alpha value is -0.780. The number of anilines is 1. The molecule has 2 N–H and O–H groups in total. The number of carbonyl (C=O) groups excluding carboxylic acids is 1. The summed E-state index contributed by atoms with van der Waals surface area (Å²) in [5.74, 6) is 0. The van der Waals surface area contributed by atoms with Crippen LogP contribution in [0.4, 0.5) is 10.5 Å². The smallest absolute Gasteiger partial charge is 0.318 e. The third-order valence-corrected chi connectivity index (χ3v) is 2.82. The van der Waals surface area contributed by atoms with E-state index < -0.39 is 0 Å². The number of hydrogen-bond acceptors (Lipinski definition) is 1. The Morgan fingerprint density at radius 1 is 1.46 bits per heavy atom. The highest BCUT2D eigenvalue weighted by Crippen LogP contribution is 2.16. The van der Waals surface area contributed by atoms with Gasteiger partial charge in [0, 0.05) is 16.3 Å². The molecular formula is C9H11IN2O. The van der Waals surface area contributed by atoms with Crippen molar-refractivity contribution in [2.75, 3.05) is 12.4 Å². The molecule has 1 aromatic carbocycles. The minimum atomic E-state index is -0.195. The molecule has 0 aromatic heterocycles. The summed E-state index contributed by atoms with van der Waals surface area (Å²) >= 11 is 2.24. The number of nitrogens with one attached hydrogen (secondary N) is 2. The van der Waals surface area contributed by atoms with Crippen LogP contribution in [-0.2, 0) is 0 Å². The maximum atomic E-state index is 11.0. The summed E-state index contributed by atoms with van der Waals surface area (Å²) in [7, 11) is 1.59. The minimum Gasteiger partial charge on any atom is -0.341 e. The number of amides is 2. The van der Waals surface area contributed by atoms with Crippen molar-refractivity contribution in [3.63, 3.8) is 0 Å². The van der Waals surface area contributed by atoms with Gasteiger partial charge in [-0.2, -0.15) is 0 Å². The Morgan fingerprint density at radius 2 is 2.15 bits per heavy atom. The van der Waals surface area contributed by atoms with Gasteiger partial charge in [0.15, 0.2) is 0 Å². The van der Waals surface area contributed by atoms with Crippen LogP contribution in [0.1, 0.15) is 5.56 Å². The first-order valence-corrected chi connectivity index (χ1v) is 4.96. The fourth-order valence-corrected chi connectivity index (χ4v) is 1.38. The third-order valence-electron chi connectivity index (χ3n) is 1.66. The lowest BCUT2D eigenvalue weighted by Gasteiger charge is -2.05. The predicted octanol–water partition coefficient (Wildman–Crippen LogP) is 2.35. The normalized spacial score (nSPS) is 9.46. The van der Waals surface area contributed by atoms with Crippen molar-refractivity contribution >= 4 is 34.3 Å². The standard InChI is InChI=1S/C9H11IN2O/c1-6-3-4-7(5-8(6)10)12-9(13)11-2/h3-5H,1-2H3,(H2,11,12,13). The van der Waals surface area contributed by atoms with Gasteiger partial charge >= 0.3 is 6.03 Å². The molecule has 0 aliphatic carbocycles. The van der Waals surface area contributed by atoms with Crippen LogP contribution in [0.2, 0.25) is 0 Å². The van der Waals surface area contributed by atoms with E-state index >= 15 is 0 Å². The fraction of sp³-hybridized carbons (Fsp3) is 0.222. The first kappa shape index (κ1) is 10.3. The van der Waals surface area contributed by atoms with Gasteiger partial charge in [0.1, 0.15) is 0 Å². The summed E-state index contributed by atoms with van der Waals surface area (Å²) in [6.07, 6.45) is 0. The van der Waals surface area contributed by atoms with Crippen molar-refractivity contribution < 1.29 is 4.79 Å². The van der Waals surface area contributed by atoms with Crippen molar-refractivity contribution in [1.82, 2.24) is 5.32 Å². The van der Waals surface area contributed by atoms with Gasteiger partial charge in [-0.05, 0) is 47.2 Å². The summed E-state index contributed by atoms with van der Waals surface area (Å²) < 4.78 is 1.14. The highest BCUT2D eigenvalue weighted by atomic mass is 127. The number of aryl methyl sites for hydroxylation is 1. The lowest BCUT2D eigenvalue weighted by Crippen LogP contribution is -2.24. The van der Waals surface area contributed by atoms with Gasteiger partial charge in [-0.3, -0.25) is 0 Å². The average Bonchev–Trinajstić information content (AvgIpc) is 2.11. The Morgan fingerprint density at radius 3 is 2.69 bits per heavy atom. The first-order valence-electron chi connectivity index (χ1n) is 3.88. The van der Waals surface area contributed by atoms with E-state index in [4.69, 9.17) is 0 Å². The third kappa shape index (κ3) is 2.87. The summed E-state index contributed by atoms with van der Waals surface area (Å²) in [5, 5.41) is 5.20. The van der Waals surface area contributed by atoms with Crippen LogP contribution in [0.15, 0.2) is 18.2 Å². The molecule has 3 nitrogen and oxygen atoms in total.